The van der Waals surface area contributed by atoms with E-state index in [-0.39, 0.29) is 5.91 Å². The molecule has 3 nitrogen and oxygen atoms in total. The van der Waals surface area contributed by atoms with Gasteiger partial charge in [0.2, 0.25) is 0 Å². The summed E-state index contributed by atoms with van der Waals surface area (Å²) in [5, 5.41) is 2.75. The highest BCUT2D eigenvalue weighted by atomic mass is 16.1. The Morgan fingerprint density at radius 2 is 2.20 bits per heavy atom. The van der Waals surface area contributed by atoms with Crippen molar-refractivity contribution in [1.82, 2.24) is 5.32 Å². The van der Waals surface area contributed by atoms with Gasteiger partial charge in [-0.05, 0) is 24.6 Å². The van der Waals surface area contributed by atoms with Crippen LogP contribution in [-0.4, -0.2) is 19.0 Å². The second-order valence-corrected chi connectivity index (χ2v) is 3.19. The van der Waals surface area contributed by atoms with E-state index >= 15 is 0 Å². The molecule has 0 fully saturated rings. The van der Waals surface area contributed by atoms with Gasteiger partial charge in [-0.2, -0.15) is 0 Å². The van der Waals surface area contributed by atoms with Gasteiger partial charge in [0.25, 0.3) is 5.91 Å². The van der Waals surface area contributed by atoms with Crippen molar-refractivity contribution in [3.8, 4) is 0 Å². The van der Waals surface area contributed by atoms with Crippen molar-refractivity contribution < 1.29 is 4.79 Å². The van der Waals surface area contributed by atoms with Crippen molar-refractivity contribution in [3.05, 3.63) is 48.0 Å². The van der Waals surface area contributed by atoms with E-state index < -0.39 is 0 Å². The maximum absolute atomic E-state index is 11.7. The van der Waals surface area contributed by atoms with E-state index in [4.69, 9.17) is 5.73 Å². The van der Waals surface area contributed by atoms with Gasteiger partial charge in [0, 0.05) is 12.1 Å². The van der Waals surface area contributed by atoms with Crippen LogP contribution in [-0.2, 0) is 6.42 Å². The molecule has 0 heterocycles. The molecule has 0 aliphatic heterocycles. The number of benzene rings is 1. The standard InChI is InChI=1S/C12H16N2O/c1-2-9-14-12(15)11-6-4-3-5-10(11)7-8-13/h2-6H,1,7-9,13H2,(H,14,15). The largest absolute Gasteiger partial charge is 0.349 e. The second-order valence-electron chi connectivity index (χ2n) is 3.19. The molecule has 1 rings (SSSR count). The van der Waals surface area contributed by atoms with Crippen molar-refractivity contribution in [3.63, 3.8) is 0 Å². The van der Waals surface area contributed by atoms with Crippen molar-refractivity contribution >= 4 is 5.91 Å². The first kappa shape index (κ1) is 11.5. The van der Waals surface area contributed by atoms with E-state index in [0.29, 0.717) is 18.7 Å². The molecule has 0 saturated carbocycles. The Hall–Kier alpha value is -1.61. The summed E-state index contributed by atoms with van der Waals surface area (Å²) < 4.78 is 0. The summed E-state index contributed by atoms with van der Waals surface area (Å²) in [5.74, 6) is -0.0704. The molecular weight excluding hydrogens is 188 g/mol. The van der Waals surface area contributed by atoms with Crippen LogP contribution in [0, 0.1) is 0 Å². The second kappa shape index (κ2) is 5.98. The molecule has 1 amide bonds. The van der Waals surface area contributed by atoms with Gasteiger partial charge >= 0.3 is 0 Å². The van der Waals surface area contributed by atoms with E-state index in [1.807, 2.05) is 24.3 Å². The van der Waals surface area contributed by atoms with Crippen LogP contribution in [0.4, 0.5) is 0 Å². The summed E-state index contributed by atoms with van der Waals surface area (Å²) in [4.78, 5) is 11.7. The molecule has 80 valence electrons. The zero-order chi connectivity index (χ0) is 11.1. The lowest BCUT2D eigenvalue weighted by molar-refractivity contribution is 0.0957. The number of carbonyl (C=O) groups excluding carboxylic acids is 1. The number of hydrogen-bond donors (Lipinski definition) is 2. The molecule has 0 aliphatic carbocycles. The van der Waals surface area contributed by atoms with Gasteiger partial charge in [0.05, 0.1) is 0 Å². The highest BCUT2D eigenvalue weighted by Gasteiger charge is 2.08. The molecule has 0 aromatic heterocycles. The molecule has 0 bridgehead atoms. The molecule has 0 radical (unpaired) electrons. The smallest absolute Gasteiger partial charge is 0.251 e. The molecule has 15 heavy (non-hydrogen) atoms. The number of amides is 1. The van der Waals surface area contributed by atoms with Crippen LogP contribution < -0.4 is 11.1 Å². The monoisotopic (exact) mass is 204 g/mol. The minimum atomic E-state index is -0.0704. The third-order valence-corrected chi connectivity index (χ3v) is 2.08. The van der Waals surface area contributed by atoms with Gasteiger partial charge in [-0.25, -0.2) is 0 Å². The zero-order valence-electron chi connectivity index (χ0n) is 8.70. The van der Waals surface area contributed by atoms with Crippen LogP contribution in [0.15, 0.2) is 36.9 Å². The fraction of sp³-hybridized carbons (Fsp3) is 0.250. The Balaban J connectivity index is 2.81. The van der Waals surface area contributed by atoms with Gasteiger partial charge in [0.1, 0.15) is 0 Å². The SMILES string of the molecule is C=CCNC(=O)c1ccccc1CCN. The van der Waals surface area contributed by atoms with Crippen molar-refractivity contribution in [2.75, 3.05) is 13.1 Å². The van der Waals surface area contributed by atoms with Crippen molar-refractivity contribution in [1.29, 1.82) is 0 Å². The van der Waals surface area contributed by atoms with Gasteiger partial charge in [-0.3, -0.25) is 4.79 Å². The van der Waals surface area contributed by atoms with E-state index in [1.165, 1.54) is 0 Å². The van der Waals surface area contributed by atoms with Crippen LogP contribution in [0.25, 0.3) is 0 Å². The van der Waals surface area contributed by atoms with E-state index in [0.717, 1.165) is 12.0 Å². The summed E-state index contributed by atoms with van der Waals surface area (Å²) in [7, 11) is 0. The average Bonchev–Trinajstić information content (AvgIpc) is 2.27. The normalized spacial score (nSPS) is 9.67. The maximum Gasteiger partial charge on any atom is 0.251 e. The van der Waals surface area contributed by atoms with Crippen LogP contribution in [0.2, 0.25) is 0 Å². The maximum atomic E-state index is 11.7. The highest BCUT2D eigenvalue weighted by molar-refractivity contribution is 5.95. The topological polar surface area (TPSA) is 55.1 Å². The predicted molar refractivity (Wildman–Crippen MR) is 61.7 cm³/mol. The van der Waals surface area contributed by atoms with Gasteiger partial charge in [-0.1, -0.05) is 24.3 Å². The summed E-state index contributed by atoms with van der Waals surface area (Å²) in [6.45, 7) is 4.58. The number of rotatable bonds is 5. The fourth-order valence-corrected chi connectivity index (χ4v) is 1.38. The first-order chi connectivity index (χ1) is 7.29. The lowest BCUT2D eigenvalue weighted by Crippen LogP contribution is -2.24. The molecule has 1 aromatic carbocycles. The van der Waals surface area contributed by atoms with Gasteiger partial charge in [0.15, 0.2) is 0 Å². The van der Waals surface area contributed by atoms with Crippen LogP contribution in [0.3, 0.4) is 0 Å². The Morgan fingerprint density at radius 1 is 1.47 bits per heavy atom. The fourth-order valence-electron chi connectivity index (χ4n) is 1.38. The van der Waals surface area contributed by atoms with Crippen LogP contribution >= 0.6 is 0 Å². The molecule has 0 aliphatic rings. The molecule has 1 aromatic rings. The van der Waals surface area contributed by atoms with Crippen molar-refractivity contribution in [2.45, 2.75) is 6.42 Å². The third-order valence-electron chi connectivity index (χ3n) is 2.08. The van der Waals surface area contributed by atoms with Gasteiger partial charge < -0.3 is 11.1 Å². The lowest BCUT2D eigenvalue weighted by atomic mass is 10.0. The molecule has 3 heteroatoms. The number of nitrogens with one attached hydrogen (secondary N) is 1. The molecular formula is C12H16N2O. The van der Waals surface area contributed by atoms with E-state index in [2.05, 4.69) is 11.9 Å². The predicted octanol–water partition coefficient (Wildman–Crippen LogP) is 1.10. The van der Waals surface area contributed by atoms with Crippen LogP contribution in [0.1, 0.15) is 15.9 Å². The van der Waals surface area contributed by atoms with Crippen LogP contribution in [0.5, 0.6) is 0 Å². The van der Waals surface area contributed by atoms with Gasteiger partial charge in [-0.15, -0.1) is 6.58 Å². The zero-order valence-corrected chi connectivity index (χ0v) is 8.70. The molecule has 0 saturated heterocycles. The molecule has 3 N–H and O–H groups in total. The summed E-state index contributed by atoms with van der Waals surface area (Å²) >= 11 is 0. The number of hydrogen-bond acceptors (Lipinski definition) is 2. The molecule has 0 atom stereocenters. The first-order valence-corrected chi connectivity index (χ1v) is 4.96. The molecule has 0 spiro atoms. The minimum absolute atomic E-state index is 0.0704. The third kappa shape index (κ3) is 3.22. The lowest BCUT2D eigenvalue weighted by Gasteiger charge is -2.07. The Labute approximate surface area is 90.0 Å². The Bertz CT molecular complexity index is 347. The summed E-state index contributed by atoms with van der Waals surface area (Å²) in [6.07, 6.45) is 2.38. The first-order valence-electron chi connectivity index (χ1n) is 4.96. The Kier molecular flexibility index (Phi) is 4.57. The molecule has 0 unspecified atom stereocenters. The Morgan fingerprint density at radius 3 is 2.87 bits per heavy atom. The van der Waals surface area contributed by atoms with Crippen molar-refractivity contribution in [2.24, 2.45) is 5.73 Å². The average molecular weight is 204 g/mol. The van der Waals surface area contributed by atoms with E-state index in [1.54, 1.807) is 6.08 Å². The highest BCUT2D eigenvalue weighted by Crippen LogP contribution is 2.08. The van der Waals surface area contributed by atoms with E-state index in [9.17, 15) is 4.79 Å². The minimum Gasteiger partial charge on any atom is -0.349 e. The number of carbonyl (C=O) groups is 1. The summed E-state index contributed by atoms with van der Waals surface area (Å²) in [6, 6.07) is 7.50. The quantitative estimate of drug-likeness (QED) is 0.706. The number of nitrogens with two attached hydrogens (primary N) is 1. The summed E-state index contributed by atoms with van der Waals surface area (Å²) in [5.41, 5.74) is 7.17.